The van der Waals surface area contributed by atoms with E-state index < -0.39 is 0 Å². The number of thioether (sulfide) groups is 1. The SMILES string of the molecule is COCCSCCOC(=O)CCc1cc(CC(C)(C)C)c(O)c(C(C)(C)C)c1. The molecular weight excluding hydrogens is 372 g/mol. The number of hydrogen-bond acceptors (Lipinski definition) is 5. The van der Waals surface area contributed by atoms with Gasteiger partial charge in [0.05, 0.1) is 6.61 Å². The third-order valence-corrected chi connectivity index (χ3v) is 5.23. The first kappa shape index (κ1) is 24.8. The maximum Gasteiger partial charge on any atom is 0.306 e. The molecule has 0 aliphatic carbocycles. The second-order valence-electron chi connectivity index (χ2n) is 9.46. The number of carbonyl (C=O) groups excluding carboxylic acids is 1. The monoisotopic (exact) mass is 410 g/mol. The van der Waals surface area contributed by atoms with Crippen molar-refractivity contribution in [2.45, 2.75) is 66.2 Å². The lowest BCUT2D eigenvalue weighted by molar-refractivity contribution is -0.142. The molecule has 0 aliphatic heterocycles. The number of hydrogen-bond donors (Lipinski definition) is 1. The number of aryl methyl sites for hydroxylation is 1. The first-order valence-corrected chi connectivity index (χ1v) is 11.2. The number of benzene rings is 1. The van der Waals surface area contributed by atoms with Crippen molar-refractivity contribution in [1.29, 1.82) is 0 Å². The Balaban J connectivity index is 2.74. The smallest absolute Gasteiger partial charge is 0.306 e. The van der Waals surface area contributed by atoms with Crippen LogP contribution in [0.4, 0.5) is 0 Å². The predicted molar refractivity (Wildman–Crippen MR) is 118 cm³/mol. The van der Waals surface area contributed by atoms with Crippen LogP contribution in [0.2, 0.25) is 0 Å². The predicted octanol–water partition coefficient (Wildman–Crippen LogP) is 5.13. The van der Waals surface area contributed by atoms with Gasteiger partial charge in [0.15, 0.2) is 0 Å². The molecule has 0 aliphatic rings. The van der Waals surface area contributed by atoms with Gasteiger partial charge in [-0.15, -0.1) is 0 Å². The molecule has 1 aromatic carbocycles. The molecule has 0 heterocycles. The molecule has 0 unspecified atom stereocenters. The topological polar surface area (TPSA) is 55.8 Å². The van der Waals surface area contributed by atoms with E-state index in [4.69, 9.17) is 9.47 Å². The van der Waals surface area contributed by atoms with Gasteiger partial charge >= 0.3 is 5.97 Å². The van der Waals surface area contributed by atoms with E-state index in [2.05, 4.69) is 41.5 Å². The van der Waals surface area contributed by atoms with Gasteiger partial charge in [-0.05, 0) is 40.4 Å². The summed E-state index contributed by atoms with van der Waals surface area (Å²) in [6.07, 6.45) is 1.76. The van der Waals surface area contributed by atoms with Crippen LogP contribution in [0.25, 0.3) is 0 Å². The molecule has 0 saturated carbocycles. The van der Waals surface area contributed by atoms with Gasteiger partial charge in [-0.1, -0.05) is 53.7 Å². The van der Waals surface area contributed by atoms with Gasteiger partial charge in [0.25, 0.3) is 0 Å². The van der Waals surface area contributed by atoms with Crippen molar-refractivity contribution in [2.24, 2.45) is 5.41 Å². The lowest BCUT2D eigenvalue weighted by Gasteiger charge is -2.26. The van der Waals surface area contributed by atoms with Crippen molar-refractivity contribution in [3.8, 4) is 5.75 Å². The maximum absolute atomic E-state index is 12.1. The molecule has 0 saturated heterocycles. The Morgan fingerprint density at radius 1 is 1.07 bits per heavy atom. The third-order valence-electron chi connectivity index (χ3n) is 4.32. The van der Waals surface area contributed by atoms with Crippen molar-refractivity contribution in [1.82, 2.24) is 0 Å². The summed E-state index contributed by atoms with van der Waals surface area (Å²) in [5.74, 6) is 1.92. The number of aromatic hydroxyl groups is 1. The highest BCUT2D eigenvalue weighted by atomic mass is 32.2. The van der Waals surface area contributed by atoms with E-state index in [9.17, 15) is 9.90 Å². The average Bonchev–Trinajstić information content (AvgIpc) is 2.56. The van der Waals surface area contributed by atoms with E-state index in [0.29, 0.717) is 31.8 Å². The van der Waals surface area contributed by atoms with Crippen LogP contribution in [0.1, 0.15) is 64.7 Å². The van der Waals surface area contributed by atoms with Crippen molar-refractivity contribution < 1.29 is 19.4 Å². The van der Waals surface area contributed by atoms with E-state index in [0.717, 1.165) is 34.6 Å². The fraction of sp³-hybridized carbons (Fsp3) is 0.696. The number of ether oxygens (including phenoxy) is 2. The quantitative estimate of drug-likeness (QED) is 0.428. The molecule has 1 N–H and O–H groups in total. The summed E-state index contributed by atoms with van der Waals surface area (Å²) in [5.41, 5.74) is 2.88. The molecule has 0 bridgehead atoms. The zero-order chi connectivity index (χ0) is 21.4. The standard InChI is InChI=1S/C23H38O4S/c1-22(2,3)16-18-14-17(15-19(21(18)25)23(4,5)6)8-9-20(24)27-11-13-28-12-10-26-7/h14-15,25H,8-13,16H2,1-7H3. The Morgan fingerprint density at radius 2 is 1.71 bits per heavy atom. The fourth-order valence-electron chi connectivity index (χ4n) is 2.96. The zero-order valence-electron chi connectivity index (χ0n) is 18.7. The van der Waals surface area contributed by atoms with Crippen molar-refractivity contribution in [3.05, 3.63) is 28.8 Å². The highest BCUT2D eigenvalue weighted by molar-refractivity contribution is 7.99. The van der Waals surface area contributed by atoms with Gasteiger partial charge < -0.3 is 14.6 Å². The van der Waals surface area contributed by atoms with Crippen LogP contribution in [-0.2, 0) is 32.5 Å². The first-order valence-electron chi connectivity index (χ1n) is 10.0. The number of phenols is 1. The van der Waals surface area contributed by atoms with Crippen LogP contribution in [0.5, 0.6) is 5.75 Å². The number of methoxy groups -OCH3 is 1. The fourth-order valence-corrected chi connectivity index (χ4v) is 3.65. The number of carbonyl (C=O) groups is 1. The summed E-state index contributed by atoms with van der Waals surface area (Å²) in [6, 6.07) is 4.08. The summed E-state index contributed by atoms with van der Waals surface area (Å²) in [4.78, 5) is 12.1. The second-order valence-corrected chi connectivity index (χ2v) is 10.7. The van der Waals surface area contributed by atoms with Crippen molar-refractivity contribution >= 4 is 17.7 Å². The van der Waals surface area contributed by atoms with Crippen molar-refractivity contribution in [2.75, 3.05) is 31.8 Å². The van der Waals surface area contributed by atoms with Gasteiger partial charge in [0.2, 0.25) is 0 Å². The van der Waals surface area contributed by atoms with E-state index in [1.165, 1.54) is 0 Å². The Morgan fingerprint density at radius 3 is 2.29 bits per heavy atom. The molecule has 4 nitrogen and oxygen atoms in total. The molecule has 0 fully saturated rings. The Labute approximate surface area is 175 Å². The van der Waals surface area contributed by atoms with E-state index in [-0.39, 0.29) is 16.8 Å². The van der Waals surface area contributed by atoms with Crippen LogP contribution in [-0.4, -0.2) is 42.9 Å². The summed E-state index contributed by atoms with van der Waals surface area (Å²) >= 11 is 1.72. The van der Waals surface area contributed by atoms with Gasteiger partial charge in [0, 0.05) is 25.0 Å². The molecular formula is C23H38O4S. The molecule has 0 radical (unpaired) electrons. The van der Waals surface area contributed by atoms with Gasteiger partial charge in [0.1, 0.15) is 12.4 Å². The van der Waals surface area contributed by atoms with Crippen LogP contribution >= 0.6 is 11.8 Å². The second kappa shape index (κ2) is 11.1. The Kier molecular flexibility index (Phi) is 9.85. The van der Waals surface area contributed by atoms with Gasteiger partial charge in [-0.2, -0.15) is 11.8 Å². The molecule has 5 heteroatoms. The summed E-state index contributed by atoms with van der Waals surface area (Å²) in [5, 5.41) is 10.8. The van der Waals surface area contributed by atoms with E-state index in [1.807, 2.05) is 12.1 Å². The first-order chi connectivity index (χ1) is 12.9. The molecule has 0 amide bonds. The minimum absolute atomic E-state index is 0.0741. The molecule has 0 atom stereocenters. The molecule has 1 rings (SSSR count). The number of esters is 1. The number of phenolic OH excluding ortho intramolecular Hbond substituents is 1. The zero-order valence-corrected chi connectivity index (χ0v) is 19.5. The molecule has 28 heavy (non-hydrogen) atoms. The molecule has 1 aromatic rings. The molecule has 160 valence electrons. The summed E-state index contributed by atoms with van der Waals surface area (Å²) < 4.78 is 10.3. The lowest BCUT2D eigenvalue weighted by Crippen LogP contribution is -2.16. The minimum atomic E-state index is -0.171. The summed E-state index contributed by atoms with van der Waals surface area (Å²) in [6.45, 7) is 13.9. The highest BCUT2D eigenvalue weighted by Crippen LogP contribution is 2.37. The summed E-state index contributed by atoms with van der Waals surface area (Å²) in [7, 11) is 1.68. The molecule has 0 aromatic heterocycles. The van der Waals surface area contributed by atoms with E-state index >= 15 is 0 Å². The van der Waals surface area contributed by atoms with E-state index in [1.54, 1.807) is 18.9 Å². The third kappa shape index (κ3) is 9.33. The highest BCUT2D eigenvalue weighted by Gasteiger charge is 2.23. The maximum atomic E-state index is 12.1. The van der Waals surface area contributed by atoms with Crippen LogP contribution in [0, 0.1) is 5.41 Å². The molecule has 0 spiro atoms. The van der Waals surface area contributed by atoms with Crippen LogP contribution < -0.4 is 0 Å². The van der Waals surface area contributed by atoms with Gasteiger partial charge in [-0.25, -0.2) is 0 Å². The largest absolute Gasteiger partial charge is 0.507 e. The lowest BCUT2D eigenvalue weighted by atomic mass is 9.80. The average molecular weight is 411 g/mol. The van der Waals surface area contributed by atoms with Gasteiger partial charge in [-0.3, -0.25) is 4.79 Å². The Hall–Kier alpha value is -1.20. The minimum Gasteiger partial charge on any atom is -0.507 e. The normalized spacial score (nSPS) is 12.2. The Bertz CT molecular complexity index is 627. The van der Waals surface area contributed by atoms with Crippen LogP contribution in [0.15, 0.2) is 12.1 Å². The number of rotatable bonds is 10. The van der Waals surface area contributed by atoms with Crippen LogP contribution in [0.3, 0.4) is 0 Å². The van der Waals surface area contributed by atoms with Crippen molar-refractivity contribution in [3.63, 3.8) is 0 Å².